The minimum absolute atomic E-state index is 0.960. The molecule has 2 fully saturated rings. The topological polar surface area (TPSA) is 0 Å². The minimum Gasteiger partial charge on any atom is -0.0625 e. The summed E-state index contributed by atoms with van der Waals surface area (Å²) in [5.41, 5.74) is 0. The Hall–Kier alpha value is 0. The summed E-state index contributed by atoms with van der Waals surface area (Å²) in [5, 5.41) is 0. The lowest BCUT2D eigenvalue weighted by atomic mass is 9.64. The molecule has 0 amide bonds. The first-order valence-electron chi connectivity index (χ1n) is 9.38. The monoisotopic (exact) mass is 278 g/mol. The van der Waals surface area contributed by atoms with E-state index in [4.69, 9.17) is 0 Å². The van der Waals surface area contributed by atoms with Gasteiger partial charge in [-0.25, -0.2) is 0 Å². The van der Waals surface area contributed by atoms with Crippen LogP contribution < -0.4 is 0 Å². The average molecular weight is 279 g/mol. The van der Waals surface area contributed by atoms with Crippen LogP contribution in [0.15, 0.2) is 0 Å². The standard InChI is InChI=1S/C20H38/c1-13-9-15(3)19(16(4)10-13)7-8-20-17(5)11-14(2)12-18(20)6/h13-20H,7-12H2,1-6H3. The summed E-state index contributed by atoms with van der Waals surface area (Å²) >= 11 is 0. The summed E-state index contributed by atoms with van der Waals surface area (Å²) < 4.78 is 0. The average Bonchev–Trinajstić information content (AvgIpc) is 2.30. The molecule has 20 heavy (non-hydrogen) atoms. The van der Waals surface area contributed by atoms with Crippen LogP contribution in [0, 0.1) is 47.3 Å². The maximum absolute atomic E-state index is 2.52. The molecule has 0 bridgehead atoms. The van der Waals surface area contributed by atoms with Crippen LogP contribution in [0.2, 0.25) is 0 Å². The molecular weight excluding hydrogens is 240 g/mol. The summed E-state index contributed by atoms with van der Waals surface area (Å²) in [6.45, 7) is 15.0. The SMILES string of the molecule is CC1CC(C)C(CCC2C(C)CC(C)CC2C)C(C)C1. The van der Waals surface area contributed by atoms with E-state index in [1.807, 2.05) is 0 Å². The molecule has 2 saturated carbocycles. The Labute approximate surface area is 128 Å². The Balaban J connectivity index is 1.87. The van der Waals surface area contributed by atoms with Crippen molar-refractivity contribution in [2.24, 2.45) is 47.3 Å². The summed E-state index contributed by atoms with van der Waals surface area (Å²) in [5.74, 6) is 7.77. The van der Waals surface area contributed by atoms with E-state index in [0.29, 0.717) is 0 Å². The fourth-order valence-electron chi connectivity index (χ4n) is 6.07. The fourth-order valence-corrected chi connectivity index (χ4v) is 6.07. The van der Waals surface area contributed by atoms with Gasteiger partial charge in [-0.15, -0.1) is 0 Å². The zero-order valence-corrected chi connectivity index (χ0v) is 14.9. The first-order chi connectivity index (χ1) is 9.38. The van der Waals surface area contributed by atoms with Crippen molar-refractivity contribution >= 4 is 0 Å². The van der Waals surface area contributed by atoms with Gasteiger partial charge in [-0.05, 0) is 85.9 Å². The molecule has 0 heteroatoms. The third kappa shape index (κ3) is 3.80. The van der Waals surface area contributed by atoms with E-state index in [2.05, 4.69) is 41.5 Å². The summed E-state index contributed by atoms with van der Waals surface area (Å²) in [7, 11) is 0. The Kier molecular flexibility index (Phi) is 5.60. The van der Waals surface area contributed by atoms with Gasteiger partial charge in [0.25, 0.3) is 0 Å². The quantitative estimate of drug-likeness (QED) is 0.560. The number of rotatable bonds is 3. The minimum atomic E-state index is 0.960. The van der Waals surface area contributed by atoms with Crippen molar-refractivity contribution in [2.75, 3.05) is 0 Å². The van der Waals surface area contributed by atoms with Crippen LogP contribution >= 0.6 is 0 Å². The van der Waals surface area contributed by atoms with Crippen molar-refractivity contribution in [3.05, 3.63) is 0 Å². The molecule has 0 aromatic heterocycles. The maximum Gasteiger partial charge on any atom is -0.0362 e. The first kappa shape index (κ1) is 16.4. The molecule has 2 rings (SSSR count). The predicted molar refractivity (Wildman–Crippen MR) is 89.7 cm³/mol. The van der Waals surface area contributed by atoms with Crippen molar-refractivity contribution < 1.29 is 0 Å². The van der Waals surface area contributed by atoms with E-state index >= 15 is 0 Å². The van der Waals surface area contributed by atoms with Gasteiger partial charge in [-0.2, -0.15) is 0 Å². The van der Waals surface area contributed by atoms with Crippen LogP contribution in [0.1, 0.15) is 80.1 Å². The molecule has 0 aromatic rings. The second-order valence-corrected chi connectivity index (χ2v) is 8.97. The highest BCUT2D eigenvalue weighted by molar-refractivity contribution is 4.85. The second kappa shape index (κ2) is 6.84. The highest BCUT2D eigenvalue weighted by Gasteiger charge is 2.35. The molecule has 0 radical (unpaired) electrons. The summed E-state index contributed by atoms with van der Waals surface area (Å²) in [6.07, 6.45) is 8.90. The molecule has 2 aliphatic carbocycles. The van der Waals surface area contributed by atoms with Crippen LogP contribution in [-0.4, -0.2) is 0 Å². The molecule has 0 aliphatic heterocycles. The molecule has 0 N–H and O–H groups in total. The Morgan fingerprint density at radius 3 is 1.00 bits per heavy atom. The molecule has 118 valence electrons. The van der Waals surface area contributed by atoms with Gasteiger partial charge in [0, 0.05) is 0 Å². The maximum atomic E-state index is 2.52. The number of hydrogen-bond acceptors (Lipinski definition) is 0. The van der Waals surface area contributed by atoms with Crippen LogP contribution in [0.25, 0.3) is 0 Å². The normalized spacial score (nSPS) is 50.1. The zero-order valence-electron chi connectivity index (χ0n) is 14.9. The lowest BCUT2D eigenvalue weighted by molar-refractivity contribution is 0.0846. The van der Waals surface area contributed by atoms with Crippen molar-refractivity contribution in [2.45, 2.75) is 80.1 Å². The van der Waals surface area contributed by atoms with Crippen molar-refractivity contribution in [3.63, 3.8) is 0 Å². The molecule has 0 spiro atoms. The van der Waals surface area contributed by atoms with Crippen LogP contribution in [0.4, 0.5) is 0 Å². The van der Waals surface area contributed by atoms with Gasteiger partial charge in [-0.3, -0.25) is 0 Å². The molecule has 0 aromatic carbocycles. The highest BCUT2D eigenvalue weighted by atomic mass is 14.4. The van der Waals surface area contributed by atoms with E-state index in [9.17, 15) is 0 Å². The van der Waals surface area contributed by atoms with E-state index in [0.717, 1.165) is 47.3 Å². The summed E-state index contributed by atoms with van der Waals surface area (Å²) in [4.78, 5) is 0. The molecule has 4 atom stereocenters. The largest absolute Gasteiger partial charge is 0.0625 e. The third-order valence-corrected chi connectivity index (χ3v) is 6.85. The van der Waals surface area contributed by atoms with Crippen molar-refractivity contribution in [3.8, 4) is 0 Å². The summed E-state index contributed by atoms with van der Waals surface area (Å²) in [6, 6.07) is 0. The zero-order chi connectivity index (χ0) is 14.9. The Bertz CT molecular complexity index is 240. The van der Waals surface area contributed by atoms with E-state index in [1.54, 1.807) is 0 Å². The van der Waals surface area contributed by atoms with Gasteiger partial charge >= 0.3 is 0 Å². The van der Waals surface area contributed by atoms with Gasteiger partial charge in [-0.1, -0.05) is 41.5 Å². The number of hydrogen-bond donors (Lipinski definition) is 0. The lowest BCUT2D eigenvalue weighted by Gasteiger charge is -2.42. The van der Waals surface area contributed by atoms with Gasteiger partial charge in [0.05, 0.1) is 0 Å². The van der Waals surface area contributed by atoms with Crippen LogP contribution in [-0.2, 0) is 0 Å². The van der Waals surface area contributed by atoms with Gasteiger partial charge in [0.2, 0.25) is 0 Å². The Morgan fingerprint density at radius 2 is 0.750 bits per heavy atom. The second-order valence-electron chi connectivity index (χ2n) is 8.97. The molecule has 4 unspecified atom stereocenters. The van der Waals surface area contributed by atoms with E-state index < -0.39 is 0 Å². The van der Waals surface area contributed by atoms with E-state index in [-0.39, 0.29) is 0 Å². The highest BCUT2D eigenvalue weighted by Crippen LogP contribution is 2.44. The van der Waals surface area contributed by atoms with Crippen molar-refractivity contribution in [1.29, 1.82) is 0 Å². The van der Waals surface area contributed by atoms with Gasteiger partial charge in [0.1, 0.15) is 0 Å². The molecule has 0 nitrogen and oxygen atoms in total. The predicted octanol–water partition coefficient (Wildman–Crippen LogP) is 6.40. The van der Waals surface area contributed by atoms with Gasteiger partial charge in [0.15, 0.2) is 0 Å². The third-order valence-electron chi connectivity index (χ3n) is 6.85. The fraction of sp³-hybridized carbons (Fsp3) is 1.00. The molecule has 2 aliphatic rings. The smallest absolute Gasteiger partial charge is 0.0362 e. The molecular formula is C20H38. The molecule has 0 saturated heterocycles. The molecule has 0 heterocycles. The van der Waals surface area contributed by atoms with E-state index in [1.165, 1.54) is 38.5 Å². The van der Waals surface area contributed by atoms with Crippen LogP contribution in [0.3, 0.4) is 0 Å². The van der Waals surface area contributed by atoms with Crippen LogP contribution in [0.5, 0.6) is 0 Å². The lowest BCUT2D eigenvalue weighted by Crippen LogP contribution is -2.32. The van der Waals surface area contributed by atoms with Gasteiger partial charge < -0.3 is 0 Å². The first-order valence-corrected chi connectivity index (χ1v) is 9.38. The van der Waals surface area contributed by atoms with Crippen molar-refractivity contribution in [1.82, 2.24) is 0 Å². The Morgan fingerprint density at radius 1 is 0.500 bits per heavy atom.